The second-order valence-electron chi connectivity index (χ2n) is 7.59. The van der Waals surface area contributed by atoms with Crippen LogP contribution in [-0.4, -0.2) is 31.4 Å². The Hall–Kier alpha value is -2.59. The van der Waals surface area contributed by atoms with E-state index in [1.165, 1.54) is 16.7 Å². The Balaban J connectivity index is 1.81. The van der Waals surface area contributed by atoms with Gasteiger partial charge in [0.25, 0.3) is 5.91 Å². The fraction of sp³-hybridized carbons (Fsp3) is 0.348. The van der Waals surface area contributed by atoms with Gasteiger partial charge in [0.15, 0.2) is 5.76 Å². The largest absolute Gasteiger partial charge is 0.451 e. The molecule has 1 heterocycles. The number of benzene rings is 2. The minimum Gasteiger partial charge on any atom is -0.451 e. The molecule has 0 radical (unpaired) electrons. The SMILES string of the molecule is Cc1ccc(C(CNC(=O)c2oc3cc(C)c(C)cc3c2C)N(C)C)cc1. The highest BCUT2D eigenvalue weighted by Crippen LogP contribution is 2.28. The normalized spacial score (nSPS) is 12.6. The molecule has 1 unspecified atom stereocenters. The average molecular weight is 364 g/mol. The Morgan fingerprint density at radius 1 is 1.04 bits per heavy atom. The van der Waals surface area contributed by atoms with E-state index in [9.17, 15) is 4.79 Å². The van der Waals surface area contributed by atoms with E-state index >= 15 is 0 Å². The molecule has 4 nitrogen and oxygen atoms in total. The van der Waals surface area contributed by atoms with Crippen LogP contribution < -0.4 is 5.32 Å². The van der Waals surface area contributed by atoms with E-state index in [1.54, 1.807) is 0 Å². The summed E-state index contributed by atoms with van der Waals surface area (Å²) in [5.41, 5.74) is 6.42. The van der Waals surface area contributed by atoms with E-state index in [4.69, 9.17) is 4.42 Å². The first-order valence-electron chi connectivity index (χ1n) is 9.29. The zero-order chi connectivity index (χ0) is 19.7. The maximum atomic E-state index is 12.8. The molecule has 1 aromatic heterocycles. The molecule has 0 bridgehead atoms. The lowest BCUT2D eigenvalue weighted by Gasteiger charge is -2.25. The van der Waals surface area contributed by atoms with Crippen LogP contribution >= 0.6 is 0 Å². The number of fused-ring (bicyclic) bond motifs is 1. The smallest absolute Gasteiger partial charge is 0.287 e. The van der Waals surface area contributed by atoms with Crippen molar-refractivity contribution in [2.24, 2.45) is 0 Å². The third-order valence-electron chi connectivity index (χ3n) is 5.30. The van der Waals surface area contributed by atoms with Gasteiger partial charge in [0.05, 0.1) is 6.04 Å². The second-order valence-corrected chi connectivity index (χ2v) is 7.59. The summed E-state index contributed by atoms with van der Waals surface area (Å²) in [6.45, 7) is 8.66. The number of aryl methyl sites for hydroxylation is 4. The van der Waals surface area contributed by atoms with E-state index in [2.05, 4.69) is 61.3 Å². The summed E-state index contributed by atoms with van der Waals surface area (Å²) in [6.07, 6.45) is 0. The lowest BCUT2D eigenvalue weighted by atomic mass is 10.0. The van der Waals surface area contributed by atoms with Gasteiger partial charge in [-0.25, -0.2) is 0 Å². The summed E-state index contributed by atoms with van der Waals surface area (Å²) >= 11 is 0. The Kier molecular flexibility index (Phi) is 5.38. The first-order valence-corrected chi connectivity index (χ1v) is 9.29. The molecule has 1 N–H and O–H groups in total. The zero-order valence-electron chi connectivity index (χ0n) is 17.0. The maximum absolute atomic E-state index is 12.8. The van der Waals surface area contributed by atoms with Crippen molar-refractivity contribution in [3.05, 3.63) is 70.0 Å². The number of hydrogen-bond acceptors (Lipinski definition) is 3. The molecule has 27 heavy (non-hydrogen) atoms. The topological polar surface area (TPSA) is 45.5 Å². The van der Waals surface area contributed by atoms with Gasteiger partial charge in [-0.3, -0.25) is 4.79 Å². The summed E-state index contributed by atoms with van der Waals surface area (Å²) in [7, 11) is 4.04. The van der Waals surface area contributed by atoms with Gasteiger partial charge in [-0.15, -0.1) is 0 Å². The van der Waals surface area contributed by atoms with E-state index in [-0.39, 0.29) is 11.9 Å². The first kappa shape index (κ1) is 19.2. The molecule has 3 aromatic rings. The van der Waals surface area contributed by atoms with Crippen LogP contribution in [0.4, 0.5) is 0 Å². The van der Waals surface area contributed by atoms with Gasteiger partial charge in [-0.05, 0) is 70.6 Å². The number of nitrogens with one attached hydrogen (secondary N) is 1. The first-order chi connectivity index (χ1) is 12.8. The van der Waals surface area contributed by atoms with Gasteiger partial charge in [0.2, 0.25) is 0 Å². The van der Waals surface area contributed by atoms with E-state index in [1.807, 2.05) is 27.1 Å². The molecule has 2 aromatic carbocycles. The fourth-order valence-electron chi connectivity index (χ4n) is 3.35. The highest BCUT2D eigenvalue weighted by atomic mass is 16.3. The van der Waals surface area contributed by atoms with E-state index < -0.39 is 0 Å². The molecule has 0 aliphatic rings. The van der Waals surface area contributed by atoms with Crippen LogP contribution in [0.5, 0.6) is 0 Å². The number of rotatable bonds is 5. The Morgan fingerprint density at radius 3 is 2.30 bits per heavy atom. The minimum absolute atomic E-state index is 0.101. The summed E-state index contributed by atoms with van der Waals surface area (Å²) < 4.78 is 5.89. The molecule has 142 valence electrons. The van der Waals surface area contributed by atoms with Gasteiger partial charge in [-0.1, -0.05) is 29.8 Å². The van der Waals surface area contributed by atoms with Gasteiger partial charge in [0.1, 0.15) is 5.58 Å². The Bertz CT molecular complexity index is 968. The summed E-state index contributed by atoms with van der Waals surface area (Å²) in [5.74, 6) is 0.231. The molecule has 4 heteroatoms. The second kappa shape index (κ2) is 7.57. The number of carbonyl (C=O) groups excluding carboxylic acids is 1. The van der Waals surface area contributed by atoms with Crippen LogP contribution in [0.25, 0.3) is 11.0 Å². The predicted octanol–water partition coefficient (Wildman–Crippen LogP) is 4.70. The van der Waals surface area contributed by atoms with E-state index in [0.29, 0.717) is 12.3 Å². The van der Waals surface area contributed by atoms with Crippen LogP contribution in [0, 0.1) is 27.7 Å². The molecule has 1 amide bonds. The van der Waals surface area contributed by atoms with Crippen molar-refractivity contribution in [3.8, 4) is 0 Å². The Labute approximate surface area is 161 Å². The quantitative estimate of drug-likeness (QED) is 0.714. The highest BCUT2D eigenvalue weighted by Gasteiger charge is 2.21. The molecular formula is C23H28N2O2. The summed E-state index contributed by atoms with van der Waals surface area (Å²) in [5, 5.41) is 4.06. The molecule has 3 rings (SSSR count). The average Bonchev–Trinajstić information content (AvgIpc) is 2.93. The molecule has 0 aliphatic heterocycles. The van der Waals surface area contributed by atoms with Crippen molar-refractivity contribution in [1.82, 2.24) is 10.2 Å². The van der Waals surface area contributed by atoms with Crippen LogP contribution in [-0.2, 0) is 0 Å². The Morgan fingerprint density at radius 2 is 1.67 bits per heavy atom. The number of amides is 1. The van der Waals surface area contributed by atoms with Crippen molar-refractivity contribution < 1.29 is 9.21 Å². The van der Waals surface area contributed by atoms with Crippen LogP contribution in [0.3, 0.4) is 0 Å². The number of hydrogen-bond donors (Lipinski definition) is 1. The van der Waals surface area contributed by atoms with Crippen LogP contribution in [0.2, 0.25) is 0 Å². The zero-order valence-corrected chi connectivity index (χ0v) is 17.0. The molecule has 1 atom stereocenters. The van der Waals surface area contributed by atoms with E-state index in [0.717, 1.165) is 22.1 Å². The van der Waals surface area contributed by atoms with Crippen molar-refractivity contribution >= 4 is 16.9 Å². The summed E-state index contributed by atoms with van der Waals surface area (Å²) in [4.78, 5) is 14.9. The predicted molar refractivity (Wildman–Crippen MR) is 110 cm³/mol. The van der Waals surface area contributed by atoms with Gasteiger partial charge in [0, 0.05) is 17.5 Å². The van der Waals surface area contributed by atoms with Crippen LogP contribution in [0.1, 0.15) is 44.4 Å². The highest BCUT2D eigenvalue weighted by molar-refractivity contribution is 5.99. The number of nitrogens with zero attached hydrogens (tertiary/aromatic N) is 1. The van der Waals surface area contributed by atoms with Crippen LogP contribution in [0.15, 0.2) is 40.8 Å². The lowest BCUT2D eigenvalue weighted by molar-refractivity contribution is 0.0915. The van der Waals surface area contributed by atoms with Crippen molar-refractivity contribution in [1.29, 1.82) is 0 Å². The maximum Gasteiger partial charge on any atom is 0.287 e. The molecule has 0 saturated heterocycles. The van der Waals surface area contributed by atoms with Gasteiger partial charge < -0.3 is 14.6 Å². The third-order valence-corrected chi connectivity index (χ3v) is 5.30. The number of furan rings is 1. The number of likely N-dealkylation sites (N-methyl/N-ethyl adjacent to an activating group) is 1. The summed E-state index contributed by atoms with van der Waals surface area (Å²) in [6, 6.07) is 12.6. The van der Waals surface area contributed by atoms with Crippen molar-refractivity contribution in [2.75, 3.05) is 20.6 Å². The fourth-order valence-corrected chi connectivity index (χ4v) is 3.35. The molecule has 0 aliphatic carbocycles. The van der Waals surface area contributed by atoms with Gasteiger partial charge >= 0.3 is 0 Å². The molecular weight excluding hydrogens is 336 g/mol. The van der Waals surface area contributed by atoms with Crippen molar-refractivity contribution in [3.63, 3.8) is 0 Å². The minimum atomic E-state index is -0.169. The molecule has 0 fully saturated rings. The van der Waals surface area contributed by atoms with Crippen molar-refractivity contribution in [2.45, 2.75) is 33.7 Å². The lowest BCUT2D eigenvalue weighted by Crippen LogP contribution is -2.34. The third kappa shape index (κ3) is 3.91. The number of carbonyl (C=O) groups is 1. The van der Waals surface area contributed by atoms with Gasteiger partial charge in [-0.2, -0.15) is 0 Å². The molecule has 0 spiro atoms. The molecule has 0 saturated carbocycles. The monoisotopic (exact) mass is 364 g/mol. The standard InChI is InChI=1S/C23H28N2O2/c1-14-7-9-18(10-8-14)20(25(5)6)13-24-23(26)22-17(4)19-11-15(2)16(3)12-21(19)27-22/h7-12,20H,13H2,1-6H3,(H,24,26).